The van der Waals surface area contributed by atoms with Gasteiger partial charge in [-0.25, -0.2) is 4.79 Å². The molecule has 0 saturated carbocycles. The molecule has 0 spiro atoms. The van der Waals surface area contributed by atoms with E-state index in [4.69, 9.17) is 10.2 Å². The van der Waals surface area contributed by atoms with E-state index in [1.807, 2.05) is 6.08 Å². The lowest BCUT2D eigenvalue weighted by molar-refractivity contribution is -0.142. The average molecular weight is 270 g/mol. The number of carbonyl (C=O) groups excluding carboxylic acids is 1. The van der Waals surface area contributed by atoms with Gasteiger partial charge in [0.15, 0.2) is 0 Å². The van der Waals surface area contributed by atoms with Crippen LogP contribution in [0.15, 0.2) is 37.0 Å². The molecule has 0 aliphatic rings. The maximum atomic E-state index is 10.8. The molecule has 0 radical (unpaired) electrons. The van der Waals surface area contributed by atoms with Gasteiger partial charge in [-0.15, -0.1) is 0 Å². The Morgan fingerprint density at radius 1 is 1.32 bits per heavy atom. The van der Waals surface area contributed by atoms with Gasteiger partial charge >= 0.3 is 11.9 Å². The second kappa shape index (κ2) is 14.2. The molecule has 0 heterocycles. The molecule has 5 nitrogen and oxygen atoms in total. The summed E-state index contributed by atoms with van der Waals surface area (Å²) in [5.74, 6) is -1.80. The summed E-state index contributed by atoms with van der Waals surface area (Å²) in [5, 5.41) is 16.5. The van der Waals surface area contributed by atoms with E-state index in [1.165, 1.54) is 6.08 Å². The van der Waals surface area contributed by atoms with Crippen molar-refractivity contribution < 1.29 is 24.5 Å². The standard InChI is InChI=1S/C8H10O4.C6H12O/c1-3-4-12-8(11)6(2)5-7(9)10;1-2-3-4-5-6-7/h3H,1-2,4-5H2,(H,9,10);3-4,7H,2,5-6H2,1H3. The first-order valence-corrected chi connectivity index (χ1v) is 5.92. The normalized spacial score (nSPS) is 9.37. The number of hydrogen-bond acceptors (Lipinski definition) is 4. The molecule has 0 fully saturated rings. The number of ether oxygens (including phenoxy) is 1. The Hall–Kier alpha value is -1.88. The van der Waals surface area contributed by atoms with Crippen LogP contribution in [0.3, 0.4) is 0 Å². The summed E-state index contributed by atoms with van der Waals surface area (Å²) in [4.78, 5) is 20.9. The minimum Gasteiger partial charge on any atom is -0.481 e. The predicted molar refractivity (Wildman–Crippen MR) is 73.7 cm³/mol. The smallest absolute Gasteiger partial charge is 0.334 e. The van der Waals surface area contributed by atoms with Crippen LogP contribution in [0, 0.1) is 0 Å². The molecule has 108 valence electrons. The Kier molecular flexibility index (Phi) is 14.5. The Morgan fingerprint density at radius 3 is 2.37 bits per heavy atom. The first-order chi connectivity index (χ1) is 8.99. The van der Waals surface area contributed by atoms with E-state index < -0.39 is 18.4 Å². The lowest BCUT2D eigenvalue weighted by Gasteiger charge is -2.01. The first-order valence-electron chi connectivity index (χ1n) is 5.92. The summed E-state index contributed by atoms with van der Waals surface area (Å²) in [6.45, 7) is 9.01. The van der Waals surface area contributed by atoms with Crippen LogP contribution in [0.25, 0.3) is 0 Å². The van der Waals surface area contributed by atoms with Crippen LogP contribution in [0.4, 0.5) is 0 Å². The summed E-state index contributed by atoms with van der Waals surface area (Å²) in [6, 6.07) is 0. The number of hydrogen-bond donors (Lipinski definition) is 2. The highest BCUT2D eigenvalue weighted by Crippen LogP contribution is 2.00. The van der Waals surface area contributed by atoms with E-state index in [-0.39, 0.29) is 18.8 Å². The van der Waals surface area contributed by atoms with Crippen molar-refractivity contribution in [3.05, 3.63) is 37.0 Å². The van der Waals surface area contributed by atoms with Crippen molar-refractivity contribution in [1.29, 1.82) is 0 Å². The van der Waals surface area contributed by atoms with Gasteiger partial charge in [-0.05, 0) is 12.8 Å². The SMILES string of the molecule is C=CCOC(=O)C(=C)CC(=O)O.CCC=CCCO. The maximum Gasteiger partial charge on any atom is 0.334 e. The Labute approximate surface area is 113 Å². The predicted octanol–water partition coefficient (Wildman–Crippen LogP) is 2.08. The summed E-state index contributed by atoms with van der Waals surface area (Å²) in [7, 11) is 0. The number of esters is 1. The van der Waals surface area contributed by atoms with Crippen LogP contribution < -0.4 is 0 Å². The van der Waals surface area contributed by atoms with Crippen LogP contribution in [0.2, 0.25) is 0 Å². The quantitative estimate of drug-likeness (QED) is 0.401. The Bertz CT molecular complexity index is 318. The zero-order valence-electron chi connectivity index (χ0n) is 11.3. The number of aliphatic carboxylic acids is 1. The number of carboxylic acid groups (broad SMARTS) is 1. The Morgan fingerprint density at radius 2 is 1.95 bits per heavy atom. The molecule has 0 bridgehead atoms. The van der Waals surface area contributed by atoms with E-state index in [0.717, 1.165) is 12.8 Å². The van der Waals surface area contributed by atoms with Crippen LogP contribution in [0.1, 0.15) is 26.2 Å². The van der Waals surface area contributed by atoms with Crippen molar-refractivity contribution in [3.63, 3.8) is 0 Å². The van der Waals surface area contributed by atoms with Crippen molar-refractivity contribution in [2.75, 3.05) is 13.2 Å². The second-order valence-electron chi connectivity index (χ2n) is 3.45. The minimum absolute atomic E-state index is 0.0654. The number of aliphatic hydroxyl groups excluding tert-OH is 1. The highest BCUT2D eigenvalue weighted by molar-refractivity contribution is 5.92. The summed E-state index contributed by atoms with van der Waals surface area (Å²) in [5.41, 5.74) is -0.0654. The molecular weight excluding hydrogens is 248 g/mol. The van der Waals surface area contributed by atoms with Crippen molar-refractivity contribution in [3.8, 4) is 0 Å². The number of allylic oxidation sites excluding steroid dienone is 1. The lowest BCUT2D eigenvalue weighted by Crippen LogP contribution is -2.10. The molecule has 0 aliphatic heterocycles. The van der Waals surface area contributed by atoms with Gasteiger partial charge in [0.25, 0.3) is 0 Å². The highest BCUT2D eigenvalue weighted by Gasteiger charge is 2.10. The third-order valence-electron chi connectivity index (χ3n) is 1.68. The van der Waals surface area contributed by atoms with Gasteiger partial charge in [0.2, 0.25) is 0 Å². The molecule has 0 aromatic rings. The number of rotatable bonds is 8. The van der Waals surface area contributed by atoms with Crippen LogP contribution in [-0.4, -0.2) is 35.4 Å². The molecule has 0 aromatic heterocycles. The van der Waals surface area contributed by atoms with Crippen molar-refractivity contribution in [1.82, 2.24) is 0 Å². The van der Waals surface area contributed by atoms with Gasteiger partial charge in [-0.3, -0.25) is 4.79 Å². The van der Waals surface area contributed by atoms with E-state index in [1.54, 1.807) is 0 Å². The minimum atomic E-state index is -1.10. The third kappa shape index (κ3) is 16.1. The van der Waals surface area contributed by atoms with Gasteiger partial charge in [0, 0.05) is 12.2 Å². The largest absolute Gasteiger partial charge is 0.481 e. The number of carbonyl (C=O) groups is 2. The number of aliphatic hydroxyl groups is 1. The zero-order valence-corrected chi connectivity index (χ0v) is 11.3. The van der Waals surface area contributed by atoms with E-state index in [9.17, 15) is 9.59 Å². The van der Waals surface area contributed by atoms with E-state index in [2.05, 4.69) is 30.9 Å². The molecule has 0 rings (SSSR count). The van der Waals surface area contributed by atoms with Gasteiger partial charge in [0.05, 0.1) is 6.42 Å². The van der Waals surface area contributed by atoms with E-state index in [0.29, 0.717) is 0 Å². The van der Waals surface area contributed by atoms with Crippen molar-refractivity contribution in [2.24, 2.45) is 0 Å². The molecule has 0 saturated heterocycles. The summed E-state index contributed by atoms with van der Waals surface area (Å²) >= 11 is 0. The Balaban J connectivity index is 0. The molecule has 0 aromatic carbocycles. The van der Waals surface area contributed by atoms with Gasteiger partial charge < -0.3 is 14.9 Å². The third-order valence-corrected chi connectivity index (χ3v) is 1.68. The molecule has 0 atom stereocenters. The van der Waals surface area contributed by atoms with E-state index >= 15 is 0 Å². The molecular formula is C14H22O5. The van der Waals surface area contributed by atoms with Crippen LogP contribution in [-0.2, 0) is 14.3 Å². The monoisotopic (exact) mass is 270 g/mol. The van der Waals surface area contributed by atoms with Crippen LogP contribution >= 0.6 is 0 Å². The van der Waals surface area contributed by atoms with Crippen molar-refractivity contribution in [2.45, 2.75) is 26.2 Å². The topological polar surface area (TPSA) is 83.8 Å². The van der Waals surface area contributed by atoms with Gasteiger partial charge in [0.1, 0.15) is 6.61 Å². The number of carboxylic acids is 1. The fraction of sp³-hybridized carbons (Fsp3) is 0.429. The summed E-state index contributed by atoms with van der Waals surface area (Å²) in [6.07, 6.45) is 6.91. The molecule has 19 heavy (non-hydrogen) atoms. The molecule has 0 unspecified atom stereocenters. The fourth-order valence-electron chi connectivity index (χ4n) is 0.850. The average Bonchev–Trinajstić information content (AvgIpc) is 2.36. The molecule has 0 aliphatic carbocycles. The second-order valence-corrected chi connectivity index (χ2v) is 3.45. The van der Waals surface area contributed by atoms with Crippen LogP contribution in [0.5, 0.6) is 0 Å². The molecule has 5 heteroatoms. The first kappa shape index (κ1) is 19.5. The lowest BCUT2D eigenvalue weighted by atomic mass is 10.2. The molecule has 2 N–H and O–H groups in total. The van der Waals surface area contributed by atoms with Crippen molar-refractivity contribution >= 4 is 11.9 Å². The zero-order chi connectivity index (χ0) is 15.1. The molecule has 0 amide bonds. The fourth-order valence-corrected chi connectivity index (χ4v) is 0.850. The van der Waals surface area contributed by atoms with Gasteiger partial charge in [-0.1, -0.05) is 38.3 Å². The maximum absolute atomic E-state index is 10.8. The summed E-state index contributed by atoms with van der Waals surface area (Å²) < 4.78 is 4.53. The highest BCUT2D eigenvalue weighted by atomic mass is 16.5. The van der Waals surface area contributed by atoms with Gasteiger partial charge in [-0.2, -0.15) is 0 Å².